The van der Waals surface area contributed by atoms with Crippen LogP contribution in [-0.2, 0) is 9.59 Å². The molecule has 4 nitrogen and oxygen atoms in total. The molecule has 0 aromatic heterocycles. The van der Waals surface area contributed by atoms with Gasteiger partial charge in [0.1, 0.15) is 17.9 Å². The summed E-state index contributed by atoms with van der Waals surface area (Å²) in [5.41, 5.74) is 1.20. The summed E-state index contributed by atoms with van der Waals surface area (Å²) in [7, 11) is 0. The highest BCUT2D eigenvalue weighted by Gasteiger charge is 2.45. The van der Waals surface area contributed by atoms with Gasteiger partial charge in [-0.2, -0.15) is 0 Å². The van der Waals surface area contributed by atoms with Gasteiger partial charge in [0.2, 0.25) is 5.91 Å². The van der Waals surface area contributed by atoms with Crippen LogP contribution < -0.4 is 10.2 Å². The van der Waals surface area contributed by atoms with E-state index in [4.69, 9.17) is 0 Å². The molecule has 0 bridgehead atoms. The maximum absolute atomic E-state index is 14.7. The zero-order valence-corrected chi connectivity index (χ0v) is 17.3. The third kappa shape index (κ3) is 4.21. The van der Waals surface area contributed by atoms with Crippen molar-refractivity contribution in [2.24, 2.45) is 11.3 Å². The van der Waals surface area contributed by atoms with Crippen LogP contribution in [0.15, 0.2) is 24.4 Å². The minimum absolute atomic E-state index is 0.148. The molecule has 2 aliphatic heterocycles. The molecule has 0 radical (unpaired) electrons. The molecule has 3 fully saturated rings. The van der Waals surface area contributed by atoms with Gasteiger partial charge in [-0.25, -0.2) is 8.78 Å². The Morgan fingerprint density at radius 2 is 1.76 bits per heavy atom. The Balaban J connectivity index is 0.00000117. The fraction of sp³-hybridized carbons (Fsp3) is 0.565. The quantitative estimate of drug-likeness (QED) is 0.744. The Labute approximate surface area is 171 Å². The molecule has 1 unspecified atom stereocenters. The number of aldehydes is 1. The molecule has 1 saturated carbocycles. The van der Waals surface area contributed by atoms with Crippen molar-refractivity contribution in [2.75, 3.05) is 18.0 Å². The number of carbonyl (C=O) groups is 2. The average molecular weight is 405 g/mol. The average Bonchev–Trinajstić information content (AvgIpc) is 2.68. The Morgan fingerprint density at radius 1 is 1.17 bits per heavy atom. The van der Waals surface area contributed by atoms with Crippen molar-refractivity contribution in [1.29, 1.82) is 0 Å². The highest BCUT2D eigenvalue weighted by Crippen LogP contribution is 2.52. The minimum atomic E-state index is -0.815. The molecule has 1 spiro atoms. The van der Waals surface area contributed by atoms with Crippen molar-refractivity contribution >= 4 is 17.9 Å². The van der Waals surface area contributed by atoms with Gasteiger partial charge in [-0.3, -0.25) is 4.79 Å². The molecule has 1 aliphatic carbocycles. The fourth-order valence-corrected chi connectivity index (χ4v) is 4.93. The van der Waals surface area contributed by atoms with Gasteiger partial charge < -0.3 is 15.0 Å². The van der Waals surface area contributed by atoms with E-state index in [9.17, 15) is 18.4 Å². The number of anilines is 1. The molecule has 158 valence electrons. The van der Waals surface area contributed by atoms with Crippen LogP contribution in [0.5, 0.6) is 0 Å². The summed E-state index contributed by atoms with van der Waals surface area (Å²) >= 11 is 0. The molecular weight excluding hydrogens is 374 g/mol. The molecule has 1 aromatic rings. The number of halogens is 2. The molecule has 1 amide bonds. The summed E-state index contributed by atoms with van der Waals surface area (Å²) in [6.07, 6.45) is 5.68. The maximum atomic E-state index is 14.7. The normalized spacial score (nSPS) is 23.7. The molecule has 3 aliphatic rings. The lowest BCUT2D eigenvalue weighted by Gasteiger charge is -2.51. The van der Waals surface area contributed by atoms with Crippen LogP contribution in [0.1, 0.15) is 63.9 Å². The summed E-state index contributed by atoms with van der Waals surface area (Å²) in [5, 5.41) is 2.59. The summed E-state index contributed by atoms with van der Waals surface area (Å²) in [6, 6.07) is 2.70. The van der Waals surface area contributed by atoms with E-state index in [1.807, 2.05) is 18.7 Å². The second-order valence-corrected chi connectivity index (χ2v) is 8.30. The first-order valence-electron chi connectivity index (χ1n) is 10.6. The van der Waals surface area contributed by atoms with E-state index in [-0.39, 0.29) is 16.9 Å². The second kappa shape index (κ2) is 8.64. The third-order valence-electron chi connectivity index (χ3n) is 6.54. The number of benzene rings is 1. The molecule has 2 saturated heterocycles. The number of amides is 1. The summed E-state index contributed by atoms with van der Waals surface area (Å²) in [6.45, 7) is 9.16. The number of nitrogens with one attached hydrogen (secondary N) is 1. The number of hydrogen-bond donors (Lipinski definition) is 1. The monoisotopic (exact) mass is 404 g/mol. The first-order chi connectivity index (χ1) is 13.9. The SMILES string of the molecule is C=C1CCC(c2c(F)cc(N3CCC4(CC3)CC(C=O)C4)cc2F)C(=O)N1.CC. The molecule has 4 rings (SSSR count). The smallest absolute Gasteiger partial charge is 0.231 e. The topological polar surface area (TPSA) is 49.4 Å². The molecule has 6 heteroatoms. The number of rotatable bonds is 3. The Hall–Kier alpha value is -2.24. The zero-order chi connectivity index (χ0) is 21.2. The first kappa shape index (κ1) is 21.5. The van der Waals surface area contributed by atoms with Crippen molar-refractivity contribution in [1.82, 2.24) is 5.32 Å². The van der Waals surface area contributed by atoms with E-state index in [1.54, 1.807) is 0 Å². The van der Waals surface area contributed by atoms with Crippen LogP contribution in [0.2, 0.25) is 0 Å². The van der Waals surface area contributed by atoms with Crippen molar-refractivity contribution in [3.8, 4) is 0 Å². The molecule has 1 aromatic carbocycles. The molecule has 2 heterocycles. The number of hydrogen-bond acceptors (Lipinski definition) is 3. The van der Waals surface area contributed by atoms with Crippen LogP contribution in [0, 0.1) is 23.0 Å². The molecular formula is C23H30F2N2O2. The predicted octanol–water partition coefficient (Wildman–Crippen LogP) is 4.69. The van der Waals surface area contributed by atoms with Gasteiger partial charge >= 0.3 is 0 Å². The lowest BCUT2D eigenvalue weighted by atomic mass is 9.58. The Kier molecular flexibility index (Phi) is 6.39. The number of allylic oxidation sites excluding steroid dienone is 1. The van der Waals surface area contributed by atoms with E-state index in [0.29, 0.717) is 24.2 Å². The van der Waals surface area contributed by atoms with Crippen LogP contribution >= 0.6 is 0 Å². The lowest BCUT2D eigenvalue weighted by molar-refractivity contribution is -0.123. The summed E-state index contributed by atoms with van der Waals surface area (Å²) in [5.74, 6) is -2.36. The molecule has 1 atom stereocenters. The highest BCUT2D eigenvalue weighted by atomic mass is 19.1. The van der Waals surface area contributed by atoms with E-state index in [2.05, 4.69) is 11.9 Å². The van der Waals surface area contributed by atoms with Crippen LogP contribution in [0.3, 0.4) is 0 Å². The zero-order valence-electron chi connectivity index (χ0n) is 17.3. The largest absolute Gasteiger partial charge is 0.371 e. The van der Waals surface area contributed by atoms with Gasteiger partial charge in [0.05, 0.1) is 5.92 Å². The minimum Gasteiger partial charge on any atom is -0.371 e. The van der Waals surface area contributed by atoms with Gasteiger partial charge in [-0.1, -0.05) is 20.4 Å². The van der Waals surface area contributed by atoms with E-state index >= 15 is 0 Å². The van der Waals surface area contributed by atoms with Crippen LogP contribution in [-0.4, -0.2) is 25.3 Å². The van der Waals surface area contributed by atoms with Crippen molar-refractivity contribution in [3.63, 3.8) is 0 Å². The summed E-state index contributed by atoms with van der Waals surface area (Å²) in [4.78, 5) is 25.0. The first-order valence-corrected chi connectivity index (χ1v) is 10.6. The van der Waals surface area contributed by atoms with Gasteiger partial charge in [0.15, 0.2) is 0 Å². The number of nitrogens with zero attached hydrogens (tertiary/aromatic N) is 1. The fourth-order valence-electron chi connectivity index (χ4n) is 4.93. The predicted molar refractivity (Wildman–Crippen MR) is 110 cm³/mol. The lowest BCUT2D eigenvalue weighted by Crippen LogP contribution is -2.47. The van der Waals surface area contributed by atoms with Gasteiger partial charge in [-0.15, -0.1) is 0 Å². The Bertz CT molecular complexity index is 769. The van der Waals surface area contributed by atoms with E-state index in [0.717, 1.165) is 45.1 Å². The van der Waals surface area contributed by atoms with E-state index in [1.165, 1.54) is 12.1 Å². The van der Waals surface area contributed by atoms with Gasteiger partial charge in [0, 0.05) is 36.0 Å². The van der Waals surface area contributed by atoms with Crippen molar-refractivity contribution < 1.29 is 18.4 Å². The number of piperidine rings is 2. The van der Waals surface area contributed by atoms with Crippen molar-refractivity contribution in [3.05, 3.63) is 41.6 Å². The van der Waals surface area contributed by atoms with Gasteiger partial charge in [-0.05, 0) is 56.1 Å². The second-order valence-electron chi connectivity index (χ2n) is 8.30. The molecule has 29 heavy (non-hydrogen) atoms. The third-order valence-corrected chi connectivity index (χ3v) is 6.54. The Morgan fingerprint density at radius 3 is 2.28 bits per heavy atom. The van der Waals surface area contributed by atoms with Crippen LogP contribution in [0.4, 0.5) is 14.5 Å². The van der Waals surface area contributed by atoms with Gasteiger partial charge in [0.25, 0.3) is 0 Å². The summed E-state index contributed by atoms with van der Waals surface area (Å²) < 4.78 is 29.5. The highest BCUT2D eigenvalue weighted by molar-refractivity contribution is 5.86. The standard InChI is InChI=1S/C21H24F2N2O2.C2H6/c1-13-2-3-16(20(27)24-13)19-17(22)8-15(9-18(19)23)25-6-4-21(5-7-25)10-14(11-21)12-26;1-2/h8-9,12,14,16H,1-7,10-11H2,(H,24,27);1-2H3. The maximum Gasteiger partial charge on any atom is 0.231 e. The van der Waals surface area contributed by atoms with Crippen LogP contribution in [0.25, 0.3) is 0 Å². The van der Waals surface area contributed by atoms with E-state index < -0.39 is 23.5 Å². The number of carbonyl (C=O) groups excluding carboxylic acids is 2. The van der Waals surface area contributed by atoms with Crippen molar-refractivity contribution in [2.45, 2.75) is 58.3 Å². The molecule has 1 N–H and O–H groups in total.